The second-order valence-electron chi connectivity index (χ2n) is 3.43. The van der Waals surface area contributed by atoms with Gasteiger partial charge in [0.25, 0.3) is 0 Å². The number of ether oxygens (including phenoxy) is 1. The number of carbonyl (C=O) groups is 1. The van der Waals surface area contributed by atoms with Crippen LogP contribution < -0.4 is 5.73 Å². The van der Waals surface area contributed by atoms with Crippen LogP contribution in [0.15, 0.2) is 0 Å². The van der Waals surface area contributed by atoms with E-state index in [1.54, 1.807) is 0 Å². The van der Waals surface area contributed by atoms with Gasteiger partial charge in [0.1, 0.15) is 6.04 Å². The summed E-state index contributed by atoms with van der Waals surface area (Å²) in [6.07, 6.45) is 2.86. The van der Waals surface area contributed by atoms with Crippen LogP contribution in [0.4, 0.5) is 0 Å². The van der Waals surface area contributed by atoms with Crippen LogP contribution in [-0.4, -0.2) is 18.6 Å². The average molecular weight is 224 g/mol. The minimum atomic E-state index is -0.457. The number of nitrogens with two attached hydrogens (primary N) is 1. The predicted molar refractivity (Wildman–Crippen MR) is 60.5 cm³/mol. The Labute approximate surface area is 92.8 Å². The Kier molecular flexibility index (Phi) is 10.7. The summed E-state index contributed by atoms with van der Waals surface area (Å²) in [5.41, 5.74) is 5.68. The lowest BCUT2D eigenvalue weighted by atomic mass is 10.0. The molecule has 0 amide bonds. The van der Waals surface area contributed by atoms with Gasteiger partial charge in [-0.2, -0.15) is 0 Å². The SMILES string of the molecule is CCCCOC(=O)[C@@H](N)[C@@H](C)CC.Cl. The molecule has 0 unspecified atom stereocenters. The highest BCUT2D eigenvalue weighted by atomic mass is 35.5. The first-order valence-electron chi connectivity index (χ1n) is 5.05. The molecule has 0 radical (unpaired) electrons. The largest absolute Gasteiger partial charge is 0.465 e. The van der Waals surface area contributed by atoms with Gasteiger partial charge in [0.05, 0.1) is 6.61 Å². The lowest BCUT2D eigenvalue weighted by Crippen LogP contribution is -2.38. The quantitative estimate of drug-likeness (QED) is 0.555. The Morgan fingerprint density at radius 3 is 2.43 bits per heavy atom. The summed E-state index contributed by atoms with van der Waals surface area (Å²) in [6, 6.07) is -0.457. The molecule has 0 aliphatic heterocycles. The predicted octanol–water partition coefficient (Wildman–Crippen LogP) is 2.12. The van der Waals surface area contributed by atoms with Gasteiger partial charge >= 0.3 is 5.97 Å². The third-order valence-electron chi connectivity index (χ3n) is 2.27. The molecule has 4 heteroatoms. The summed E-state index contributed by atoms with van der Waals surface area (Å²) >= 11 is 0. The summed E-state index contributed by atoms with van der Waals surface area (Å²) in [6.45, 7) is 6.54. The van der Waals surface area contributed by atoms with E-state index in [0.717, 1.165) is 19.3 Å². The summed E-state index contributed by atoms with van der Waals surface area (Å²) in [5.74, 6) is -0.0584. The normalized spacial score (nSPS) is 14.0. The number of unbranched alkanes of at least 4 members (excludes halogenated alkanes) is 1. The van der Waals surface area contributed by atoms with Gasteiger partial charge < -0.3 is 10.5 Å². The molecule has 0 bridgehead atoms. The number of hydrogen-bond acceptors (Lipinski definition) is 3. The minimum absolute atomic E-state index is 0. The van der Waals surface area contributed by atoms with Crippen molar-refractivity contribution < 1.29 is 9.53 Å². The van der Waals surface area contributed by atoms with Crippen LogP contribution in [0.1, 0.15) is 40.0 Å². The van der Waals surface area contributed by atoms with Crippen molar-refractivity contribution in [1.29, 1.82) is 0 Å². The van der Waals surface area contributed by atoms with Crippen molar-refractivity contribution in [3.8, 4) is 0 Å². The van der Waals surface area contributed by atoms with Crippen LogP contribution in [0.25, 0.3) is 0 Å². The van der Waals surface area contributed by atoms with E-state index in [1.807, 2.05) is 13.8 Å². The Bertz CT molecular complexity index is 153. The fourth-order valence-electron chi connectivity index (χ4n) is 0.900. The van der Waals surface area contributed by atoms with Crippen molar-refractivity contribution in [2.24, 2.45) is 11.7 Å². The molecule has 2 N–H and O–H groups in total. The maximum absolute atomic E-state index is 11.3. The standard InChI is InChI=1S/C10H21NO2.ClH/c1-4-6-7-13-10(12)9(11)8(3)5-2;/h8-9H,4-7,11H2,1-3H3;1H/t8-,9-;/m0./s1. The van der Waals surface area contributed by atoms with Crippen molar-refractivity contribution in [2.75, 3.05) is 6.61 Å². The molecule has 14 heavy (non-hydrogen) atoms. The Balaban J connectivity index is 0. The van der Waals surface area contributed by atoms with E-state index >= 15 is 0 Å². The van der Waals surface area contributed by atoms with E-state index in [2.05, 4.69) is 6.92 Å². The molecule has 0 aromatic heterocycles. The third-order valence-corrected chi connectivity index (χ3v) is 2.27. The number of carbonyl (C=O) groups excluding carboxylic acids is 1. The van der Waals surface area contributed by atoms with Crippen LogP contribution in [-0.2, 0) is 9.53 Å². The van der Waals surface area contributed by atoms with E-state index in [0.29, 0.717) is 6.61 Å². The molecule has 0 spiro atoms. The van der Waals surface area contributed by atoms with Crippen LogP contribution in [0.5, 0.6) is 0 Å². The van der Waals surface area contributed by atoms with Crippen molar-refractivity contribution in [3.63, 3.8) is 0 Å². The van der Waals surface area contributed by atoms with Gasteiger partial charge in [-0.15, -0.1) is 12.4 Å². The molecule has 0 saturated heterocycles. The molecule has 3 nitrogen and oxygen atoms in total. The minimum Gasteiger partial charge on any atom is -0.465 e. The maximum atomic E-state index is 11.3. The van der Waals surface area contributed by atoms with Gasteiger partial charge in [-0.1, -0.05) is 33.6 Å². The zero-order chi connectivity index (χ0) is 10.3. The number of rotatable bonds is 6. The fourth-order valence-corrected chi connectivity index (χ4v) is 0.900. The molecule has 2 atom stereocenters. The summed E-state index contributed by atoms with van der Waals surface area (Å²) in [5, 5.41) is 0. The zero-order valence-corrected chi connectivity index (χ0v) is 10.1. The summed E-state index contributed by atoms with van der Waals surface area (Å²) in [4.78, 5) is 11.3. The molecule has 0 aromatic carbocycles. The number of halogens is 1. The zero-order valence-electron chi connectivity index (χ0n) is 9.29. The molecule has 0 aliphatic carbocycles. The Morgan fingerprint density at radius 1 is 1.43 bits per heavy atom. The number of hydrogen-bond donors (Lipinski definition) is 1. The Hall–Kier alpha value is -0.280. The van der Waals surface area contributed by atoms with Crippen LogP contribution in [0.3, 0.4) is 0 Å². The Morgan fingerprint density at radius 2 is 2.00 bits per heavy atom. The molecule has 0 fully saturated rings. The van der Waals surface area contributed by atoms with Crippen LogP contribution in [0, 0.1) is 5.92 Å². The average Bonchev–Trinajstić information content (AvgIpc) is 2.15. The fraction of sp³-hybridized carbons (Fsp3) is 0.900. The molecule has 0 saturated carbocycles. The van der Waals surface area contributed by atoms with Crippen LogP contribution in [0.2, 0.25) is 0 Å². The highest BCUT2D eigenvalue weighted by Crippen LogP contribution is 2.06. The van der Waals surface area contributed by atoms with Gasteiger partial charge in [-0.05, 0) is 12.3 Å². The smallest absolute Gasteiger partial charge is 0.323 e. The van der Waals surface area contributed by atoms with Gasteiger partial charge in [-0.3, -0.25) is 4.79 Å². The van der Waals surface area contributed by atoms with Gasteiger partial charge in [0.15, 0.2) is 0 Å². The van der Waals surface area contributed by atoms with E-state index in [1.165, 1.54) is 0 Å². The first-order chi connectivity index (χ1) is 6.13. The monoisotopic (exact) mass is 223 g/mol. The van der Waals surface area contributed by atoms with E-state index in [4.69, 9.17) is 10.5 Å². The lowest BCUT2D eigenvalue weighted by molar-refractivity contribution is -0.146. The van der Waals surface area contributed by atoms with E-state index < -0.39 is 6.04 Å². The van der Waals surface area contributed by atoms with Gasteiger partial charge in [0, 0.05) is 0 Å². The topological polar surface area (TPSA) is 52.3 Å². The van der Waals surface area contributed by atoms with Crippen LogP contribution >= 0.6 is 12.4 Å². The van der Waals surface area contributed by atoms with Crippen molar-refractivity contribution >= 4 is 18.4 Å². The molecule has 0 rings (SSSR count). The van der Waals surface area contributed by atoms with Crippen molar-refractivity contribution in [2.45, 2.75) is 46.1 Å². The highest BCUT2D eigenvalue weighted by Gasteiger charge is 2.20. The second-order valence-corrected chi connectivity index (χ2v) is 3.43. The first kappa shape index (κ1) is 16.2. The second kappa shape index (κ2) is 9.28. The summed E-state index contributed by atoms with van der Waals surface area (Å²) < 4.78 is 5.00. The highest BCUT2D eigenvalue weighted by molar-refractivity contribution is 5.85. The molecule has 0 heterocycles. The molecule has 0 aromatic rings. The van der Waals surface area contributed by atoms with E-state index in [9.17, 15) is 4.79 Å². The molecular weight excluding hydrogens is 202 g/mol. The van der Waals surface area contributed by atoms with Gasteiger partial charge in [0.2, 0.25) is 0 Å². The lowest BCUT2D eigenvalue weighted by Gasteiger charge is -2.16. The number of esters is 1. The molecular formula is C10H22ClNO2. The van der Waals surface area contributed by atoms with Crippen molar-refractivity contribution in [1.82, 2.24) is 0 Å². The first-order valence-corrected chi connectivity index (χ1v) is 5.05. The molecule has 0 aliphatic rings. The van der Waals surface area contributed by atoms with Crippen molar-refractivity contribution in [3.05, 3.63) is 0 Å². The van der Waals surface area contributed by atoms with E-state index in [-0.39, 0.29) is 24.3 Å². The van der Waals surface area contributed by atoms with Gasteiger partial charge in [-0.25, -0.2) is 0 Å². The third kappa shape index (κ3) is 6.22. The molecule has 86 valence electrons. The maximum Gasteiger partial charge on any atom is 0.323 e. The summed E-state index contributed by atoms with van der Waals surface area (Å²) in [7, 11) is 0.